The first kappa shape index (κ1) is 17.3. The van der Waals surface area contributed by atoms with Crippen LogP contribution in [0.5, 0.6) is 5.75 Å². The quantitative estimate of drug-likeness (QED) is 0.540. The Labute approximate surface area is 128 Å². The first-order valence-electron chi connectivity index (χ1n) is 7.85. The Morgan fingerprint density at radius 3 is 2.67 bits per heavy atom. The van der Waals surface area contributed by atoms with Crippen LogP contribution < -0.4 is 15.8 Å². The molecular weight excluding hydrogens is 264 g/mol. The predicted molar refractivity (Wildman–Crippen MR) is 87.7 cm³/mol. The highest BCUT2D eigenvalue weighted by atomic mass is 16.5. The first-order valence-corrected chi connectivity index (χ1v) is 7.85. The molecule has 0 saturated heterocycles. The monoisotopic (exact) mass is 292 g/mol. The number of unbranched alkanes of at least 4 members (excludes halogenated alkanes) is 3. The van der Waals surface area contributed by atoms with E-state index in [0.717, 1.165) is 6.42 Å². The van der Waals surface area contributed by atoms with Crippen molar-refractivity contribution in [1.29, 1.82) is 0 Å². The normalized spacial score (nSPS) is 10.7. The highest BCUT2D eigenvalue weighted by molar-refractivity contribution is 5.95. The Balaban J connectivity index is 2.49. The molecule has 0 aromatic heterocycles. The third-order valence-electron chi connectivity index (χ3n) is 3.20. The highest BCUT2D eigenvalue weighted by Gasteiger charge is 2.09. The number of carbonyl (C=O) groups is 1. The standard InChI is InChI=1S/C17H28N2O2/c1-4-5-6-7-10-21-16-9-8-14(11-15(16)18)17(20)19-12-13(2)3/h8-9,11,13H,4-7,10,12,18H2,1-3H3,(H,19,20). The lowest BCUT2D eigenvalue weighted by Gasteiger charge is -2.11. The van der Waals surface area contributed by atoms with Gasteiger partial charge in [-0.2, -0.15) is 0 Å². The summed E-state index contributed by atoms with van der Waals surface area (Å²) in [5.41, 5.74) is 7.04. The van der Waals surface area contributed by atoms with E-state index < -0.39 is 0 Å². The van der Waals surface area contributed by atoms with Crippen molar-refractivity contribution in [2.75, 3.05) is 18.9 Å². The molecule has 0 spiro atoms. The molecule has 0 aliphatic heterocycles. The molecule has 118 valence electrons. The minimum atomic E-state index is -0.0927. The minimum absolute atomic E-state index is 0.0927. The number of nitrogens with two attached hydrogens (primary N) is 1. The first-order chi connectivity index (χ1) is 10.0. The predicted octanol–water partition coefficient (Wildman–Crippen LogP) is 3.61. The molecule has 0 atom stereocenters. The van der Waals surface area contributed by atoms with Crippen molar-refractivity contribution in [2.24, 2.45) is 5.92 Å². The fraction of sp³-hybridized carbons (Fsp3) is 0.588. The van der Waals surface area contributed by atoms with Crippen LogP contribution in [0.3, 0.4) is 0 Å². The maximum atomic E-state index is 11.9. The van der Waals surface area contributed by atoms with Gasteiger partial charge < -0.3 is 15.8 Å². The van der Waals surface area contributed by atoms with Crippen LogP contribution in [0.4, 0.5) is 5.69 Å². The minimum Gasteiger partial charge on any atom is -0.491 e. The van der Waals surface area contributed by atoms with Crippen molar-refractivity contribution in [3.05, 3.63) is 23.8 Å². The van der Waals surface area contributed by atoms with E-state index in [1.54, 1.807) is 18.2 Å². The molecule has 0 radical (unpaired) electrons. The zero-order chi connectivity index (χ0) is 15.7. The van der Waals surface area contributed by atoms with E-state index in [1.165, 1.54) is 19.3 Å². The lowest BCUT2D eigenvalue weighted by atomic mass is 10.1. The van der Waals surface area contributed by atoms with Gasteiger partial charge in [0.1, 0.15) is 5.75 Å². The van der Waals surface area contributed by atoms with Crippen LogP contribution in [-0.4, -0.2) is 19.1 Å². The molecule has 0 unspecified atom stereocenters. The number of hydrogen-bond acceptors (Lipinski definition) is 3. The average Bonchev–Trinajstić information content (AvgIpc) is 2.45. The van der Waals surface area contributed by atoms with Gasteiger partial charge in [0.05, 0.1) is 12.3 Å². The fourth-order valence-electron chi connectivity index (χ4n) is 1.93. The molecular formula is C17H28N2O2. The summed E-state index contributed by atoms with van der Waals surface area (Å²) in [4.78, 5) is 11.9. The van der Waals surface area contributed by atoms with Crippen molar-refractivity contribution in [1.82, 2.24) is 5.32 Å². The number of hydrogen-bond donors (Lipinski definition) is 2. The highest BCUT2D eigenvalue weighted by Crippen LogP contribution is 2.23. The Morgan fingerprint density at radius 2 is 2.05 bits per heavy atom. The fourth-order valence-corrected chi connectivity index (χ4v) is 1.93. The number of anilines is 1. The summed E-state index contributed by atoms with van der Waals surface area (Å²) < 4.78 is 5.66. The molecule has 0 aliphatic rings. The van der Waals surface area contributed by atoms with Crippen LogP contribution in [0.15, 0.2) is 18.2 Å². The van der Waals surface area contributed by atoms with E-state index in [0.29, 0.717) is 36.1 Å². The molecule has 4 heteroatoms. The maximum Gasteiger partial charge on any atom is 0.251 e. The molecule has 0 heterocycles. The second-order valence-electron chi connectivity index (χ2n) is 5.77. The summed E-state index contributed by atoms with van der Waals surface area (Å²) in [5, 5.41) is 2.88. The second kappa shape index (κ2) is 9.27. The van der Waals surface area contributed by atoms with Crippen LogP contribution >= 0.6 is 0 Å². The molecule has 4 nitrogen and oxygen atoms in total. The number of carbonyl (C=O) groups excluding carboxylic acids is 1. The summed E-state index contributed by atoms with van der Waals surface area (Å²) in [7, 11) is 0. The number of benzene rings is 1. The van der Waals surface area contributed by atoms with E-state index in [1.807, 2.05) is 0 Å². The molecule has 21 heavy (non-hydrogen) atoms. The third-order valence-corrected chi connectivity index (χ3v) is 3.20. The average molecular weight is 292 g/mol. The van der Waals surface area contributed by atoms with Crippen molar-refractivity contribution in [3.63, 3.8) is 0 Å². The Morgan fingerprint density at radius 1 is 1.29 bits per heavy atom. The van der Waals surface area contributed by atoms with Crippen LogP contribution in [0.1, 0.15) is 56.8 Å². The maximum absolute atomic E-state index is 11.9. The Bertz CT molecular complexity index is 444. The molecule has 1 aromatic rings. The van der Waals surface area contributed by atoms with Gasteiger partial charge in [-0.15, -0.1) is 0 Å². The lowest BCUT2D eigenvalue weighted by molar-refractivity contribution is 0.0949. The van der Waals surface area contributed by atoms with Crippen LogP contribution in [0.2, 0.25) is 0 Å². The van der Waals surface area contributed by atoms with E-state index in [4.69, 9.17) is 10.5 Å². The van der Waals surface area contributed by atoms with Crippen molar-refractivity contribution < 1.29 is 9.53 Å². The van der Waals surface area contributed by atoms with Crippen molar-refractivity contribution in [3.8, 4) is 5.75 Å². The molecule has 0 aliphatic carbocycles. The zero-order valence-corrected chi connectivity index (χ0v) is 13.4. The summed E-state index contributed by atoms with van der Waals surface area (Å²) in [5.74, 6) is 0.994. The number of rotatable bonds is 9. The smallest absolute Gasteiger partial charge is 0.251 e. The Kier molecular flexibility index (Phi) is 7.65. The molecule has 0 bridgehead atoms. The van der Waals surface area contributed by atoms with E-state index in [9.17, 15) is 4.79 Å². The SMILES string of the molecule is CCCCCCOc1ccc(C(=O)NCC(C)C)cc1N. The van der Waals surface area contributed by atoms with E-state index >= 15 is 0 Å². The van der Waals surface area contributed by atoms with Gasteiger partial charge in [-0.3, -0.25) is 4.79 Å². The van der Waals surface area contributed by atoms with Gasteiger partial charge in [-0.25, -0.2) is 0 Å². The van der Waals surface area contributed by atoms with Gasteiger partial charge in [0.15, 0.2) is 0 Å². The van der Waals surface area contributed by atoms with Crippen LogP contribution in [0.25, 0.3) is 0 Å². The Hall–Kier alpha value is -1.71. The van der Waals surface area contributed by atoms with Gasteiger partial charge in [-0.05, 0) is 30.5 Å². The van der Waals surface area contributed by atoms with Crippen molar-refractivity contribution >= 4 is 11.6 Å². The molecule has 1 aromatic carbocycles. The molecule has 0 fully saturated rings. The van der Waals surface area contributed by atoms with Gasteiger partial charge in [0, 0.05) is 12.1 Å². The summed E-state index contributed by atoms with van der Waals surface area (Å²) in [6.45, 7) is 7.63. The molecule has 3 N–H and O–H groups in total. The largest absolute Gasteiger partial charge is 0.491 e. The molecule has 1 amide bonds. The number of nitrogen functional groups attached to an aromatic ring is 1. The zero-order valence-electron chi connectivity index (χ0n) is 13.4. The summed E-state index contributed by atoms with van der Waals surface area (Å²) >= 11 is 0. The van der Waals surface area contributed by atoms with E-state index in [2.05, 4.69) is 26.1 Å². The van der Waals surface area contributed by atoms with Crippen LogP contribution in [0, 0.1) is 5.92 Å². The number of amides is 1. The van der Waals surface area contributed by atoms with Gasteiger partial charge in [0.2, 0.25) is 0 Å². The number of nitrogens with one attached hydrogen (secondary N) is 1. The number of ether oxygens (including phenoxy) is 1. The van der Waals surface area contributed by atoms with E-state index in [-0.39, 0.29) is 5.91 Å². The van der Waals surface area contributed by atoms with Gasteiger partial charge in [-0.1, -0.05) is 40.0 Å². The lowest BCUT2D eigenvalue weighted by Crippen LogP contribution is -2.27. The van der Waals surface area contributed by atoms with Gasteiger partial charge >= 0.3 is 0 Å². The third kappa shape index (κ3) is 6.52. The van der Waals surface area contributed by atoms with Crippen LogP contribution in [-0.2, 0) is 0 Å². The molecule has 1 rings (SSSR count). The summed E-state index contributed by atoms with van der Waals surface area (Å²) in [6.07, 6.45) is 4.64. The second-order valence-corrected chi connectivity index (χ2v) is 5.77. The van der Waals surface area contributed by atoms with Crippen molar-refractivity contribution in [2.45, 2.75) is 46.5 Å². The van der Waals surface area contributed by atoms with Gasteiger partial charge in [0.25, 0.3) is 5.91 Å². The molecule has 0 saturated carbocycles. The topological polar surface area (TPSA) is 64.3 Å². The summed E-state index contributed by atoms with van der Waals surface area (Å²) in [6, 6.07) is 5.21.